The van der Waals surface area contributed by atoms with Crippen LogP contribution >= 0.6 is 15.9 Å². The number of benzene rings is 2. The van der Waals surface area contributed by atoms with Crippen LogP contribution in [0.25, 0.3) is 0 Å². The predicted molar refractivity (Wildman–Crippen MR) is 77.4 cm³/mol. The lowest BCUT2D eigenvalue weighted by Crippen LogP contribution is -1.95. The molecule has 0 bridgehead atoms. The molecule has 0 spiro atoms. The molecule has 0 amide bonds. The number of nitrogens with zero attached hydrogens (tertiary/aromatic N) is 1. The highest BCUT2D eigenvalue weighted by molar-refractivity contribution is 9.10. The van der Waals surface area contributed by atoms with Crippen LogP contribution in [0.15, 0.2) is 40.9 Å². The van der Waals surface area contributed by atoms with Gasteiger partial charge in [0, 0.05) is 16.1 Å². The molecule has 2 rings (SSSR count). The minimum Gasteiger partial charge on any atom is -0.457 e. The van der Waals surface area contributed by atoms with Crippen molar-refractivity contribution in [2.75, 3.05) is 0 Å². The van der Waals surface area contributed by atoms with Crippen LogP contribution in [0.4, 0.5) is 5.69 Å². The first-order valence-corrected chi connectivity index (χ1v) is 6.49. The highest BCUT2D eigenvalue weighted by Gasteiger charge is 2.14. The number of rotatable bonds is 4. The molecule has 0 atom stereocenters. The van der Waals surface area contributed by atoms with Crippen LogP contribution in [0.2, 0.25) is 0 Å². The smallest absolute Gasteiger partial charge is 0.276 e. The molecule has 0 aliphatic heterocycles. The predicted octanol–water partition coefficient (Wildman–Crippen LogP) is 4.27. The number of ether oxygens (including phenoxy) is 1. The molecule has 0 fully saturated rings. The van der Waals surface area contributed by atoms with E-state index in [1.54, 1.807) is 37.3 Å². The van der Waals surface area contributed by atoms with Gasteiger partial charge < -0.3 is 4.74 Å². The number of nitro benzene ring substituents is 1. The first kappa shape index (κ1) is 14.2. The Hall–Kier alpha value is -2.21. The van der Waals surface area contributed by atoms with E-state index in [0.29, 0.717) is 27.1 Å². The highest BCUT2D eigenvalue weighted by atomic mass is 79.9. The molecule has 0 aromatic heterocycles. The molecule has 20 heavy (non-hydrogen) atoms. The van der Waals surface area contributed by atoms with E-state index in [4.69, 9.17) is 4.74 Å². The quantitative estimate of drug-likeness (QED) is 0.475. The molecule has 0 saturated heterocycles. The monoisotopic (exact) mass is 335 g/mol. The minimum absolute atomic E-state index is 0.00563. The van der Waals surface area contributed by atoms with Crippen molar-refractivity contribution in [1.82, 2.24) is 0 Å². The van der Waals surface area contributed by atoms with Gasteiger partial charge in [0.25, 0.3) is 5.69 Å². The highest BCUT2D eigenvalue weighted by Crippen LogP contribution is 2.32. The number of hydrogen-bond acceptors (Lipinski definition) is 4. The topological polar surface area (TPSA) is 69.4 Å². The Labute approximate surface area is 123 Å². The van der Waals surface area contributed by atoms with Crippen LogP contribution in [0.5, 0.6) is 11.5 Å². The molecule has 102 valence electrons. The number of nitro groups is 1. The van der Waals surface area contributed by atoms with Gasteiger partial charge in [-0.2, -0.15) is 0 Å². The summed E-state index contributed by atoms with van der Waals surface area (Å²) in [5.41, 5.74) is 0.965. The van der Waals surface area contributed by atoms with Crippen LogP contribution in [0.3, 0.4) is 0 Å². The van der Waals surface area contributed by atoms with Crippen molar-refractivity contribution in [2.45, 2.75) is 6.92 Å². The van der Waals surface area contributed by atoms with Crippen LogP contribution in [0.1, 0.15) is 15.9 Å². The molecule has 5 nitrogen and oxygen atoms in total. The normalized spacial score (nSPS) is 10.1. The summed E-state index contributed by atoms with van der Waals surface area (Å²) >= 11 is 3.26. The lowest BCUT2D eigenvalue weighted by molar-refractivity contribution is -0.385. The minimum atomic E-state index is -0.451. The fraction of sp³-hybridized carbons (Fsp3) is 0.0714. The summed E-state index contributed by atoms with van der Waals surface area (Å²) in [7, 11) is 0. The van der Waals surface area contributed by atoms with Crippen molar-refractivity contribution in [3.05, 3.63) is 62.1 Å². The van der Waals surface area contributed by atoms with Gasteiger partial charge in [-0.15, -0.1) is 0 Å². The Kier molecular flexibility index (Phi) is 4.14. The third-order valence-electron chi connectivity index (χ3n) is 2.78. The van der Waals surface area contributed by atoms with E-state index in [0.717, 1.165) is 6.29 Å². The first-order chi connectivity index (χ1) is 9.52. The number of aldehydes is 1. The number of hydrogen-bond donors (Lipinski definition) is 0. The Morgan fingerprint density at radius 1 is 1.30 bits per heavy atom. The zero-order chi connectivity index (χ0) is 14.7. The van der Waals surface area contributed by atoms with Gasteiger partial charge in [0.2, 0.25) is 0 Å². The summed E-state index contributed by atoms with van der Waals surface area (Å²) in [4.78, 5) is 21.1. The van der Waals surface area contributed by atoms with Crippen LogP contribution in [-0.4, -0.2) is 11.2 Å². The second-order valence-corrected chi connectivity index (χ2v) is 4.91. The van der Waals surface area contributed by atoms with E-state index in [9.17, 15) is 14.9 Å². The Morgan fingerprint density at radius 3 is 2.65 bits per heavy atom. The van der Waals surface area contributed by atoms with Gasteiger partial charge >= 0.3 is 0 Å². The molecule has 0 saturated carbocycles. The maximum atomic E-state index is 10.9. The van der Waals surface area contributed by atoms with Crippen molar-refractivity contribution >= 4 is 27.9 Å². The lowest BCUT2D eigenvalue weighted by Gasteiger charge is -2.09. The van der Waals surface area contributed by atoms with E-state index >= 15 is 0 Å². The summed E-state index contributed by atoms with van der Waals surface area (Å²) in [5.74, 6) is 0.899. The molecule has 0 aliphatic rings. The van der Waals surface area contributed by atoms with E-state index < -0.39 is 4.92 Å². The zero-order valence-corrected chi connectivity index (χ0v) is 12.1. The maximum Gasteiger partial charge on any atom is 0.276 e. The van der Waals surface area contributed by atoms with Gasteiger partial charge in [0.15, 0.2) is 6.29 Å². The maximum absolute atomic E-state index is 10.9. The SMILES string of the molecule is Cc1c(Oc2ccc(C=O)c(Br)c2)cccc1[N+](=O)[O-]. The largest absolute Gasteiger partial charge is 0.457 e. The molecule has 2 aromatic carbocycles. The van der Waals surface area contributed by atoms with Crippen molar-refractivity contribution < 1.29 is 14.5 Å². The second kappa shape index (κ2) is 5.83. The Bertz CT molecular complexity index is 685. The van der Waals surface area contributed by atoms with Crippen molar-refractivity contribution in [3.63, 3.8) is 0 Å². The molecule has 0 heterocycles. The third-order valence-corrected chi connectivity index (χ3v) is 3.47. The van der Waals surface area contributed by atoms with Crippen molar-refractivity contribution in [1.29, 1.82) is 0 Å². The van der Waals surface area contributed by atoms with Crippen LogP contribution in [-0.2, 0) is 0 Å². The van der Waals surface area contributed by atoms with E-state index in [1.165, 1.54) is 6.07 Å². The molecule has 2 aromatic rings. The summed E-state index contributed by atoms with van der Waals surface area (Å²) in [6.45, 7) is 1.63. The summed E-state index contributed by atoms with van der Waals surface area (Å²) in [6, 6.07) is 9.53. The first-order valence-electron chi connectivity index (χ1n) is 5.69. The Morgan fingerprint density at radius 2 is 2.05 bits per heavy atom. The molecular formula is C14H10BrNO4. The average Bonchev–Trinajstić information content (AvgIpc) is 2.41. The third kappa shape index (κ3) is 2.85. The zero-order valence-electron chi connectivity index (χ0n) is 10.5. The van der Waals surface area contributed by atoms with Gasteiger partial charge in [0.1, 0.15) is 11.5 Å². The lowest BCUT2D eigenvalue weighted by atomic mass is 10.2. The number of carbonyl (C=O) groups excluding carboxylic acids is 1. The standard InChI is InChI=1S/C14H10BrNO4/c1-9-13(16(18)19)3-2-4-14(9)20-11-6-5-10(8-17)12(15)7-11/h2-8H,1H3. The van der Waals surface area contributed by atoms with Crippen LogP contribution in [0, 0.1) is 17.0 Å². The fourth-order valence-corrected chi connectivity index (χ4v) is 2.16. The van der Waals surface area contributed by atoms with Crippen molar-refractivity contribution in [3.8, 4) is 11.5 Å². The Balaban J connectivity index is 2.35. The van der Waals surface area contributed by atoms with Gasteiger partial charge in [-0.1, -0.05) is 6.07 Å². The molecule has 0 radical (unpaired) electrons. The van der Waals surface area contributed by atoms with E-state index in [1.807, 2.05) is 0 Å². The average molecular weight is 336 g/mol. The van der Waals surface area contributed by atoms with E-state index in [-0.39, 0.29) is 5.69 Å². The van der Waals surface area contributed by atoms with Gasteiger partial charge in [-0.05, 0) is 47.1 Å². The van der Waals surface area contributed by atoms with Gasteiger partial charge in [-0.25, -0.2) is 0 Å². The van der Waals surface area contributed by atoms with Crippen molar-refractivity contribution in [2.24, 2.45) is 0 Å². The summed E-state index contributed by atoms with van der Waals surface area (Å²) < 4.78 is 6.23. The molecule has 0 unspecified atom stereocenters. The second-order valence-electron chi connectivity index (χ2n) is 4.06. The molecule has 6 heteroatoms. The molecular weight excluding hydrogens is 326 g/mol. The summed E-state index contributed by atoms with van der Waals surface area (Å²) in [5, 5.41) is 10.9. The number of halogens is 1. The van der Waals surface area contributed by atoms with E-state index in [2.05, 4.69) is 15.9 Å². The molecule has 0 N–H and O–H groups in total. The van der Waals surface area contributed by atoms with Gasteiger partial charge in [0.05, 0.1) is 10.5 Å². The fourth-order valence-electron chi connectivity index (χ4n) is 1.71. The summed E-state index contributed by atoms with van der Waals surface area (Å²) in [6.07, 6.45) is 0.729. The van der Waals surface area contributed by atoms with Crippen LogP contribution < -0.4 is 4.74 Å². The van der Waals surface area contributed by atoms with Gasteiger partial charge in [-0.3, -0.25) is 14.9 Å². The molecule has 0 aliphatic carbocycles. The number of carbonyl (C=O) groups is 1.